The van der Waals surface area contributed by atoms with Gasteiger partial charge in [-0.2, -0.15) is 0 Å². The first kappa shape index (κ1) is 34.9. The Labute approximate surface area is 283 Å². The zero-order chi connectivity index (χ0) is 34.0. The predicted octanol–water partition coefficient (Wildman–Crippen LogP) is 4.14. The van der Waals surface area contributed by atoms with Gasteiger partial charge in [0.1, 0.15) is 6.04 Å². The van der Waals surface area contributed by atoms with E-state index in [1.807, 2.05) is 18.0 Å². The molecule has 12 nitrogen and oxygen atoms in total. The molecule has 0 spiro atoms. The number of nitrogens with one attached hydrogen (secondary N) is 2. The van der Waals surface area contributed by atoms with Crippen molar-refractivity contribution in [2.24, 2.45) is 0 Å². The second-order valence-electron chi connectivity index (χ2n) is 12.9. The van der Waals surface area contributed by atoms with Gasteiger partial charge < -0.3 is 34.8 Å². The monoisotopic (exact) mass is 703 g/mol. The minimum absolute atomic E-state index is 0.0812. The summed E-state index contributed by atoms with van der Waals surface area (Å²) in [4.78, 5) is 54.8. The molecule has 3 aliphatic heterocycles. The molecule has 15 heteroatoms. The highest BCUT2D eigenvalue weighted by atomic mass is 32.1. The van der Waals surface area contributed by atoms with Gasteiger partial charge in [0, 0.05) is 47.6 Å². The lowest BCUT2D eigenvalue weighted by Crippen LogP contribution is -2.54. The van der Waals surface area contributed by atoms with E-state index >= 15 is 0 Å². The zero-order valence-corrected chi connectivity index (χ0v) is 28.8. The number of carbonyl (C=O) groups excluding carboxylic acids is 2. The molecule has 4 unspecified atom stereocenters. The van der Waals surface area contributed by atoms with Gasteiger partial charge in [-0.05, 0) is 67.9 Å². The minimum Gasteiger partial charge on any atom is -0.481 e. The molecule has 4 N–H and O–H groups in total. The van der Waals surface area contributed by atoms with Crippen LogP contribution in [0.2, 0.25) is 0 Å². The number of alkyl halides is 1. The van der Waals surface area contributed by atoms with Crippen molar-refractivity contribution >= 4 is 40.8 Å². The lowest BCUT2D eigenvalue weighted by atomic mass is 9.95. The van der Waals surface area contributed by atoms with Gasteiger partial charge in [-0.25, -0.2) is 9.37 Å². The molecular formula is C33H43FN5O7PS. The van der Waals surface area contributed by atoms with Gasteiger partial charge in [0.15, 0.2) is 0 Å². The summed E-state index contributed by atoms with van der Waals surface area (Å²) in [5.41, 5.74) is 0.915. The molecule has 6 atom stereocenters. The summed E-state index contributed by atoms with van der Waals surface area (Å²) in [5.74, 6) is -2.11. The van der Waals surface area contributed by atoms with E-state index in [1.165, 1.54) is 23.5 Å². The summed E-state index contributed by atoms with van der Waals surface area (Å²) in [5, 5.41) is 6.89. The maximum Gasteiger partial charge on any atom is 0.363 e. The molecule has 0 radical (unpaired) electrons. The third-order valence-corrected chi connectivity index (χ3v) is 11.8. The van der Waals surface area contributed by atoms with Crippen LogP contribution in [0, 0.1) is 0 Å². The van der Waals surface area contributed by atoms with Gasteiger partial charge in [-0.15, -0.1) is 11.3 Å². The molecule has 3 saturated heterocycles. The van der Waals surface area contributed by atoms with Crippen LogP contribution in [0.4, 0.5) is 4.39 Å². The lowest BCUT2D eigenvalue weighted by molar-refractivity contribution is -0.138. The Hall–Kier alpha value is -2.97. The van der Waals surface area contributed by atoms with Gasteiger partial charge in [0.05, 0.1) is 31.4 Å². The molecule has 260 valence electrons. The number of hydrogen-bond acceptors (Lipinski definition) is 9. The van der Waals surface area contributed by atoms with Gasteiger partial charge in [0.25, 0.3) is 5.91 Å². The van der Waals surface area contributed by atoms with Crippen LogP contribution >= 0.6 is 18.9 Å². The number of thiophene rings is 1. The van der Waals surface area contributed by atoms with Crippen molar-refractivity contribution in [3.05, 3.63) is 58.6 Å². The van der Waals surface area contributed by atoms with E-state index in [0.717, 1.165) is 50.8 Å². The highest BCUT2D eigenvalue weighted by Gasteiger charge is 2.41. The molecule has 1 aromatic carbocycles. The Bertz CT molecular complexity index is 1670. The number of nitrogens with zero attached hydrogens (tertiary/aromatic N) is 3. The molecule has 3 fully saturated rings. The van der Waals surface area contributed by atoms with E-state index in [-0.39, 0.29) is 35.5 Å². The molecule has 3 aliphatic rings. The van der Waals surface area contributed by atoms with E-state index in [1.54, 1.807) is 25.4 Å². The number of rotatable bonds is 11. The Morgan fingerprint density at radius 3 is 2.75 bits per heavy atom. The number of pyridine rings is 1. The molecule has 0 bridgehead atoms. The second-order valence-corrected chi connectivity index (χ2v) is 15.6. The molecule has 48 heavy (non-hydrogen) atoms. The van der Waals surface area contributed by atoms with Crippen LogP contribution in [-0.2, 0) is 14.1 Å². The number of hydrogen-bond donors (Lipinski definition) is 4. The summed E-state index contributed by atoms with van der Waals surface area (Å²) in [6.45, 7) is 2.44. The van der Waals surface area contributed by atoms with E-state index in [0.29, 0.717) is 40.6 Å². The fourth-order valence-corrected chi connectivity index (χ4v) is 8.95. The van der Waals surface area contributed by atoms with Crippen molar-refractivity contribution in [2.75, 3.05) is 40.6 Å². The number of benzene rings is 1. The number of likely N-dealkylation sites (N-methyl/N-ethyl adjacent to an activating group) is 1. The second kappa shape index (κ2) is 14.9. The smallest absolute Gasteiger partial charge is 0.363 e. The Balaban J connectivity index is 1.08. The first-order chi connectivity index (χ1) is 23.1. The Morgan fingerprint density at radius 1 is 1.17 bits per heavy atom. The number of fused-ring (bicyclic) bond motifs is 2. The van der Waals surface area contributed by atoms with E-state index in [9.17, 15) is 28.3 Å². The highest BCUT2D eigenvalue weighted by molar-refractivity contribution is 7.51. The Kier molecular flexibility index (Phi) is 10.8. The zero-order valence-electron chi connectivity index (χ0n) is 27.1. The van der Waals surface area contributed by atoms with Crippen molar-refractivity contribution in [1.29, 1.82) is 0 Å². The molecule has 2 amide bonds. The van der Waals surface area contributed by atoms with Crippen LogP contribution in [0.5, 0.6) is 5.88 Å². The minimum atomic E-state index is -4.96. The first-order valence-electron chi connectivity index (χ1n) is 16.4. The summed E-state index contributed by atoms with van der Waals surface area (Å²) < 4.78 is 38.2. The van der Waals surface area contributed by atoms with Crippen molar-refractivity contribution < 1.29 is 37.8 Å². The number of carbonyl (C=O) groups is 2. The third kappa shape index (κ3) is 7.45. The standard InChI is InChI=1S/C33H43FN5O7PS/c1-35-27-17-38(16-25(27)24-7-5-13-36-32(24)45-2)19-46-18-23-11-10-22-6-3-4-8-26(33(41)39(22)23)37-31(40)29-15-21-14-20(9-12-28(21)48-29)30(34)47(42,43)44/h5,7,9,12-15,22-23,25-27,30,35H,3-4,6,8,10-11,16-19H2,1-2H3,(H,37,40)(H2,42,43,44)/t22-,23?,25?,26?,27+,30?/m0/s1. The van der Waals surface area contributed by atoms with Gasteiger partial charge in [0.2, 0.25) is 17.7 Å². The summed E-state index contributed by atoms with van der Waals surface area (Å²) in [7, 11) is -1.37. The van der Waals surface area contributed by atoms with Crippen LogP contribution in [0.15, 0.2) is 42.6 Å². The van der Waals surface area contributed by atoms with Crippen LogP contribution in [0.3, 0.4) is 0 Å². The lowest BCUT2D eigenvalue weighted by Gasteiger charge is -2.35. The van der Waals surface area contributed by atoms with Gasteiger partial charge >= 0.3 is 7.60 Å². The number of aromatic nitrogens is 1. The Morgan fingerprint density at radius 2 is 1.98 bits per heavy atom. The van der Waals surface area contributed by atoms with Crippen molar-refractivity contribution in [3.8, 4) is 5.88 Å². The fourth-order valence-electron chi connectivity index (χ4n) is 7.45. The summed E-state index contributed by atoms with van der Waals surface area (Å²) >= 11 is 1.18. The molecule has 6 rings (SSSR count). The number of likely N-dealkylation sites (tertiary alicyclic amines) is 1. The van der Waals surface area contributed by atoms with Crippen molar-refractivity contribution in [3.63, 3.8) is 0 Å². The average molecular weight is 704 g/mol. The maximum atomic E-state index is 14.3. The average Bonchev–Trinajstić information content (AvgIpc) is 3.80. The fraction of sp³-hybridized carbons (Fsp3) is 0.545. The number of methoxy groups -OCH3 is 1. The third-order valence-electron chi connectivity index (χ3n) is 9.84. The van der Waals surface area contributed by atoms with Crippen LogP contribution in [0.1, 0.15) is 71.2 Å². The molecule has 5 heterocycles. The summed E-state index contributed by atoms with van der Waals surface area (Å²) in [6, 6.07) is 9.32. The molecule has 2 aromatic heterocycles. The molecule has 0 saturated carbocycles. The van der Waals surface area contributed by atoms with Gasteiger partial charge in [-0.3, -0.25) is 19.1 Å². The van der Waals surface area contributed by atoms with Crippen LogP contribution in [-0.4, -0.2) is 101 Å². The topological polar surface area (TPSA) is 154 Å². The molecule has 3 aromatic rings. The number of ether oxygens (including phenoxy) is 2. The number of amides is 2. The molecular weight excluding hydrogens is 660 g/mol. The summed E-state index contributed by atoms with van der Waals surface area (Å²) in [6.07, 6.45) is 6.71. The van der Waals surface area contributed by atoms with E-state index < -0.39 is 25.5 Å². The van der Waals surface area contributed by atoms with Crippen LogP contribution < -0.4 is 15.4 Å². The maximum absolute atomic E-state index is 14.3. The molecule has 0 aliphatic carbocycles. The van der Waals surface area contributed by atoms with Gasteiger partial charge in [-0.1, -0.05) is 25.0 Å². The van der Waals surface area contributed by atoms with E-state index in [4.69, 9.17) is 9.47 Å². The van der Waals surface area contributed by atoms with Crippen molar-refractivity contribution in [1.82, 2.24) is 25.4 Å². The first-order valence-corrected chi connectivity index (χ1v) is 18.9. The predicted molar refractivity (Wildman–Crippen MR) is 180 cm³/mol. The largest absolute Gasteiger partial charge is 0.481 e. The SMILES string of the molecule is CN[C@@H]1CN(COCC2CC[C@@H]3CCCCC(NC(=O)c4cc5cc(C(F)P(=O)(O)O)ccc5s4)C(=O)N23)CC1c1cccnc1OC. The normalized spacial score (nSPS) is 25.9. The van der Waals surface area contributed by atoms with Crippen LogP contribution in [0.25, 0.3) is 10.1 Å². The quantitative estimate of drug-likeness (QED) is 0.214. The highest BCUT2D eigenvalue weighted by Crippen LogP contribution is 2.53. The van der Waals surface area contributed by atoms with Crippen molar-refractivity contribution in [2.45, 2.75) is 74.5 Å². The number of halogens is 1. The van der Waals surface area contributed by atoms with E-state index in [2.05, 4.69) is 26.6 Å².